The van der Waals surface area contributed by atoms with E-state index < -0.39 is 5.97 Å². The Morgan fingerprint density at radius 1 is 1.21 bits per heavy atom. The molecule has 7 nitrogen and oxygen atoms in total. The van der Waals surface area contributed by atoms with E-state index in [4.69, 9.17) is 30.9 Å². The number of aryl methyl sites for hydroxylation is 1. The van der Waals surface area contributed by atoms with Crippen molar-refractivity contribution in [3.8, 4) is 29.0 Å². The third-order valence-corrected chi connectivity index (χ3v) is 4.19. The van der Waals surface area contributed by atoms with E-state index >= 15 is 0 Å². The van der Waals surface area contributed by atoms with Crippen LogP contribution in [0.3, 0.4) is 0 Å². The molecule has 3 aromatic rings. The van der Waals surface area contributed by atoms with Crippen LogP contribution in [0.2, 0.25) is 5.02 Å². The number of hydrogen-bond donors (Lipinski definition) is 0. The molecule has 0 spiro atoms. The lowest BCUT2D eigenvalue weighted by Crippen LogP contribution is -2.09. The molecular weight excluding hydrogens is 394 g/mol. The van der Waals surface area contributed by atoms with E-state index in [1.54, 1.807) is 30.3 Å². The second-order valence-electron chi connectivity index (χ2n) is 6.05. The van der Waals surface area contributed by atoms with Gasteiger partial charge in [0.1, 0.15) is 0 Å². The van der Waals surface area contributed by atoms with Gasteiger partial charge >= 0.3 is 5.97 Å². The summed E-state index contributed by atoms with van der Waals surface area (Å²) in [5.41, 5.74) is 1.23. The van der Waals surface area contributed by atoms with Crippen LogP contribution in [0.25, 0.3) is 11.4 Å². The molecule has 0 N–H and O–H groups in total. The van der Waals surface area contributed by atoms with E-state index in [-0.39, 0.29) is 6.42 Å². The monoisotopic (exact) mass is 411 g/mol. The number of carbonyl (C=O) groups excluding carboxylic acids is 1. The fraction of sp³-hybridized carbons (Fsp3) is 0.238. The second-order valence-corrected chi connectivity index (χ2v) is 6.49. The molecule has 0 bridgehead atoms. The minimum Gasteiger partial charge on any atom is -0.490 e. The maximum Gasteiger partial charge on any atom is 0.311 e. The predicted octanol–water partition coefficient (Wildman–Crippen LogP) is 4.59. The highest BCUT2D eigenvalue weighted by atomic mass is 35.5. The Morgan fingerprint density at radius 2 is 2.00 bits per heavy atom. The van der Waals surface area contributed by atoms with Crippen molar-refractivity contribution in [2.75, 3.05) is 6.61 Å². The highest BCUT2D eigenvalue weighted by Crippen LogP contribution is 2.29. The number of hydrogen-bond acceptors (Lipinski definition) is 7. The van der Waals surface area contributed by atoms with Crippen LogP contribution in [0.15, 0.2) is 47.0 Å². The average Bonchev–Trinajstić information content (AvgIpc) is 3.19. The van der Waals surface area contributed by atoms with Crippen LogP contribution in [0, 0.1) is 11.3 Å². The first-order valence-corrected chi connectivity index (χ1v) is 9.43. The summed E-state index contributed by atoms with van der Waals surface area (Å²) in [6.45, 7) is 2.21. The third-order valence-electron chi connectivity index (χ3n) is 3.94. The molecule has 0 aliphatic heterocycles. The molecule has 2 aromatic carbocycles. The van der Waals surface area contributed by atoms with Crippen molar-refractivity contribution in [1.82, 2.24) is 10.1 Å². The molecule has 0 fully saturated rings. The van der Waals surface area contributed by atoms with Crippen molar-refractivity contribution in [2.24, 2.45) is 0 Å². The van der Waals surface area contributed by atoms with Crippen LogP contribution < -0.4 is 9.47 Å². The van der Waals surface area contributed by atoms with Crippen molar-refractivity contribution in [3.63, 3.8) is 0 Å². The van der Waals surface area contributed by atoms with Gasteiger partial charge in [0.05, 0.1) is 18.2 Å². The van der Waals surface area contributed by atoms with Gasteiger partial charge in [0, 0.05) is 29.5 Å². The number of aromatic nitrogens is 2. The first kappa shape index (κ1) is 20.4. The molecule has 0 aliphatic carbocycles. The molecule has 148 valence electrons. The summed E-state index contributed by atoms with van der Waals surface area (Å²) in [6.07, 6.45) is 1.10. The summed E-state index contributed by atoms with van der Waals surface area (Å²) in [7, 11) is 0. The first-order valence-electron chi connectivity index (χ1n) is 9.05. The van der Waals surface area contributed by atoms with E-state index in [0.29, 0.717) is 53.2 Å². The van der Waals surface area contributed by atoms with Crippen LogP contribution >= 0.6 is 11.6 Å². The number of rotatable bonds is 8. The zero-order valence-electron chi connectivity index (χ0n) is 15.7. The van der Waals surface area contributed by atoms with Gasteiger partial charge in [0.2, 0.25) is 11.7 Å². The van der Waals surface area contributed by atoms with Gasteiger partial charge < -0.3 is 14.0 Å². The van der Waals surface area contributed by atoms with Crippen LogP contribution in [0.4, 0.5) is 0 Å². The molecule has 0 atom stereocenters. The van der Waals surface area contributed by atoms with Crippen molar-refractivity contribution < 1.29 is 18.8 Å². The fourth-order valence-corrected chi connectivity index (χ4v) is 2.69. The summed E-state index contributed by atoms with van der Waals surface area (Å²) in [4.78, 5) is 16.5. The molecule has 8 heteroatoms. The summed E-state index contributed by atoms with van der Waals surface area (Å²) < 4.78 is 16.0. The van der Waals surface area contributed by atoms with Crippen LogP contribution in [-0.2, 0) is 11.2 Å². The number of esters is 1. The molecule has 0 radical (unpaired) electrons. The Hall–Kier alpha value is -3.37. The van der Waals surface area contributed by atoms with E-state index in [1.165, 1.54) is 0 Å². The summed E-state index contributed by atoms with van der Waals surface area (Å²) in [5.74, 6) is 1.16. The number of ether oxygens (including phenoxy) is 2. The molecule has 29 heavy (non-hydrogen) atoms. The number of nitrogens with zero attached hydrogens (tertiary/aromatic N) is 3. The van der Waals surface area contributed by atoms with Gasteiger partial charge in [0.25, 0.3) is 0 Å². The largest absolute Gasteiger partial charge is 0.490 e. The lowest BCUT2D eigenvalue weighted by atomic mass is 10.2. The Morgan fingerprint density at radius 3 is 2.72 bits per heavy atom. The second kappa shape index (κ2) is 9.71. The van der Waals surface area contributed by atoms with E-state index in [9.17, 15) is 4.79 Å². The highest BCUT2D eigenvalue weighted by Gasteiger charge is 2.13. The molecule has 0 aliphatic rings. The quantitative estimate of drug-likeness (QED) is 0.395. The molecule has 1 heterocycles. The summed E-state index contributed by atoms with van der Waals surface area (Å²) in [6, 6.07) is 13.8. The first-order chi connectivity index (χ1) is 14.1. The lowest BCUT2D eigenvalue weighted by Gasteiger charge is -2.10. The van der Waals surface area contributed by atoms with Crippen molar-refractivity contribution in [1.29, 1.82) is 5.26 Å². The van der Waals surface area contributed by atoms with Crippen molar-refractivity contribution >= 4 is 17.6 Å². The molecule has 3 rings (SSSR count). The molecule has 1 aromatic heterocycles. The molecule has 0 unspecified atom stereocenters. The minimum absolute atomic E-state index is 0.171. The molecule has 0 saturated heterocycles. The van der Waals surface area contributed by atoms with Gasteiger partial charge in [0.15, 0.2) is 11.5 Å². The van der Waals surface area contributed by atoms with Gasteiger partial charge in [-0.25, -0.2) is 0 Å². The van der Waals surface area contributed by atoms with Gasteiger partial charge in [-0.2, -0.15) is 10.2 Å². The average molecular weight is 412 g/mol. The zero-order chi connectivity index (χ0) is 20.6. The Labute approximate surface area is 172 Å². The highest BCUT2D eigenvalue weighted by molar-refractivity contribution is 6.30. The maximum atomic E-state index is 12.2. The van der Waals surface area contributed by atoms with E-state index in [2.05, 4.69) is 10.1 Å². The van der Waals surface area contributed by atoms with Gasteiger partial charge in [-0.3, -0.25) is 4.79 Å². The van der Waals surface area contributed by atoms with Gasteiger partial charge in [-0.1, -0.05) is 16.8 Å². The Kier molecular flexibility index (Phi) is 6.82. The number of benzene rings is 2. The van der Waals surface area contributed by atoms with Crippen LogP contribution in [-0.4, -0.2) is 22.7 Å². The van der Waals surface area contributed by atoms with Crippen LogP contribution in [0.1, 0.15) is 31.2 Å². The standard InChI is InChI=1S/C21H18ClN3O4/c1-2-27-18-12-14(13-23)6-11-17(18)28-20(26)5-3-4-19-24-21(25-29-19)15-7-9-16(22)10-8-15/h6-12H,2-5H2,1H3. The Bertz CT molecular complexity index is 1030. The predicted molar refractivity (Wildman–Crippen MR) is 106 cm³/mol. The maximum absolute atomic E-state index is 12.2. The Balaban J connectivity index is 1.53. The topological polar surface area (TPSA) is 98.2 Å². The third kappa shape index (κ3) is 5.56. The summed E-state index contributed by atoms with van der Waals surface area (Å²) in [5, 5.41) is 13.5. The number of halogens is 1. The lowest BCUT2D eigenvalue weighted by molar-refractivity contribution is -0.134. The molecule has 0 amide bonds. The molecular formula is C21H18ClN3O4. The van der Waals surface area contributed by atoms with Crippen molar-refractivity contribution in [3.05, 3.63) is 58.9 Å². The normalized spacial score (nSPS) is 10.4. The molecule has 0 saturated carbocycles. The van der Waals surface area contributed by atoms with E-state index in [0.717, 1.165) is 5.56 Å². The van der Waals surface area contributed by atoms with Crippen LogP contribution in [0.5, 0.6) is 11.5 Å². The van der Waals surface area contributed by atoms with E-state index in [1.807, 2.05) is 25.1 Å². The SMILES string of the molecule is CCOc1cc(C#N)ccc1OC(=O)CCCc1nc(-c2ccc(Cl)cc2)no1. The fourth-order valence-electron chi connectivity index (χ4n) is 2.56. The van der Waals surface area contributed by atoms with Crippen molar-refractivity contribution in [2.45, 2.75) is 26.2 Å². The smallest absolute Gasteiger partial charge is 0.311 e. The van der Waals surface area contributed by atoms with Gasteiger partial charge in [-0.05, 0) is 49.7 Å². The number of nitriles is 1. The minimum atomic E-state index is -0.409. The summed E-state index contributed by atoms with van der Waals surface area (Å²) >= 11 is 5.87. The number of carbonyl (C=O) groups is 1. The van der Waals surface area contributed by atoms with Gasteiger partial charge in [-0.15, -0.1) is 0 Å². The zero-order valence-corrected chi connectivity index (χ0v) is 16.5.